The van der Waals surface area contributed by atoms with E-state index in [4.69, 9.17) is 16.3 Å². The Balaban J connectivity index is 1.71. The SMILES string of the molecule is CCC(NC(=O)CCCOc1ccc(Cl)cc1)c1ccccc1. The van der Waals surface area contributed by atoms with Gasteiger partial charge in [0.05, 0.1) is 12.6 Å². The van der Waals surface area contributed by atoms with E-state index in [0.717, 1.165) is 17.7 Å². The van der Waals surface area contributed by atoms with Crippen molar-refractivity contribution in [2.75, 3.05) is 6.61 Å². The third kappa shape index (κ3) is 5.95. The van der Waals surface area contributed by atoms with Crippen LogP contribution in [0.3, 0.4) is 0 Å². The van der Waals surface area contributed by atoms with E-state index in [0.29, 0.717) is 24.5 Å². The molecule has 2 aromatic rings. The molecule has 3 nitrogen and oxygen atoms in total. The highest BCUT2D eigenvalue weighted by Gasteiger charge is 2.11. The minimum absolute atomic E-state index is 0.0559. The molecule has 2 rings (SSSR count). The third-order valence-corrected chi connectivity index (χ3v) is 3.83. The zero-order valence-electron chi connectivity index (χ0n) is 13.3. The highest BCUT2D eigenvalue weighted by molar-refractivity contribution is 6.30. The first kappa shape index (κ1) is 17.4. The molecule has 0 saturated heterocycles. The topological polar surface area (TPSA) is 38.3 Å². The van der Waals surface area contributed by atoms with Crippen molar-refractivity contribution in [3.8, 4) is 5.75 Å². The summed E-state index contributed by atoms with van der Waals surface area (Å²) in [7, 11) is 0. The zero-order chi connectivity index (χ0) is 16.5. The van der Waals surface area contributed by atoms with Gasteiger partial charge in [-0.15, -0.1) is 0 Å². The summed E-state index contributed by atoms with van der Waals surface area (Å²) in [5.74, 6) is 0.825. The fraction of sp³-hybridized carbons (Fsp3) is 0.316. The van der Waals surface area contributed by atoms with Gasteiger partial charge in [0.25, 0.3) is 0 Å². The average Bonchev–Trinajstić information content (AvgIpc) is 2.59. The molecule has 0 radical (unpaired) electrons. The Hall–Kier alpha value is -2.00. The fourth-order valence-corrected chi connectivity index (χ4v) is 2.45. The maximum Gasteiger partial charge on any atom is 0.220 e. The summed E-state index contributed by atoms with van der Waals surface area (Å²) < 4.78 is 5.59. The first-order chi connectivity index (χ1) is 11.2. The minimum Gasteiger partial charge on any atom is -0.494 e. The normalized spacial score (nSPS) is 11.7. The van der Waals surface area contributed by atoms with Crippen LogP contribution in [0.4, 0.5) is 0 Å². The summed E-state index contributed by atoms with van der Waals surface area (Å²) in [6.07, 6.45) is 2.01. The quantitative estimate of drug-likeness (QED) is 0.708. The predicted octanol–water partition coefficient (Wildman–Crippen LogP) is 4.77. The summed E-state index contributed by atoms with van der Waals surface area (Å²) in [5, 5.41) is 3.76. The van der Waals surface area contributed by atoms with Crippen molar-refractivity contribution in [3.63, 3.8) is 0 Å². The minimum atomic E-state index is 0.0559. The summed E-state index contributed by atoms with van der Waals surface area (Å²) >= 11 is 5.82. The van der Waals surface area contributed by atoms with Crippen LogP contribution in [0.1, 0.15) is 37.8 Å². The van der Waals surface area contributed by atoms with Crippen LogP contribution in [0.15, 0.2) is 54.6 Å². The van der Waals surface area contributed by atoms with Gasteiger partial charge in [0.2, 0.25) is 5.91 Å². The molecule has 0 saturated carbocycles. The van der Waals surface area contributed by atoms with Crippen molar-refractivity contribution in [2.24, 2.45) is 0 Å². The molecular weight excluding hydrogens is 310 g/mol. The number of amides is 1. The Bertz CT molecular complexity index is 599. The molecule has 1 atom stereocenters. The largest absolute Gasteiger partial charge is 0.494 e. The molecule has 0 heterocycles. The maximum absolute atomic E-state index is 12.1. The number of ether oxygens (including phenoxy) is 1. The number of nitrogens with one attached hydrogen (secondary N) is 1. The van der Waals surface area contributed by atoms with E-state index in [-0.39, 0.29) is 11.9 Å². The van der Waals surface area contributed by atoms with Crippen LogP contribution in [0.25, 0.3) is 0 Å². The summed E-state index contributed by atoms with van der Waals surface area (Å²) in [6, 6.07) is 17.3. The molecule has 0 spiro atoms. The Morgan fingerprint density at radius 1 is 1.13 bits per heavy atom. The Labute approximate surface area is 142 Å². The van der Waals surface area contributed by atoms with Gasteiger partial charge in [-0.3, -0.25) is 4.79 Å². The van der Waals surface area contributed by atoms with E-state index in [2.05, 4.69) is 12.2 Å². The van der Waals surface area contributed by atoms with Crippen molar-refractivity contribution >= 4 is 17.5 Å². The zero-order valence-corrected chi connectivity index (χ0v) is 14.1. The van der Waals surface area contributed by atoms with Crippen molar-refractivity contribution in [3.05, 3.63) is 65.2 Å². The van der Waals surface area contributed by atoms with Gasteiger partial charge in [-0.25, -0.2) is 0 Å². The molecule has 0 aliphatic heterocycles. The van der Waals surface area contributed by atoms with E-state index >= 15 is 0 Å². The number of rotatable bonds is 8. The van der Waals surface area contributed by atoms with Crippen LogP contribution in [0.2, 0.25) is 5.02 Å². The molecule has 2 aromatic carbocycles. The standard InChI is InChI=1S/C19H22ClNO2/c1-2-18(15-7-4-3-5-8-15)21-19(22)9-6-14-23-17-12-10-16(20)11-13-17/h3-5,7-8,10-13,18H,2,6,9,14H2,1H3,(H,21,22). The van der Waals surface area contributed by atoms with Crippen molar-refractivity contribution in [1.29, 1.82) is 0 Å². The van der Waals surface area contributed by atoms with Gasteiger partial charge in [-0.1, -0.05) is 48.9 Å². The number of benzene rings is 2. The van der Waals surface area contributed by atoms with E-state index in [1.165, 1.54) is 0 Å². The molecule has 1 N–H and O–H groups in total. The van der Waals surface area contributed by atoms with Gasteiger partial charge in [0.15, 0.2) is 0 Å². The number of hydrogen-bond acceptors (Lipinski definition) is 2. The van der Waals surface area contributed by atoms with Crippen LogP contribution in [0.5, 0.6) is 5.75 Å². The molecule has 0 fully saturated rings. The Kier molecular flexibility index (Phi) is 6.95. The molecule has 23 heavy (non-hydrogen) atoms. The summed E-state index contributed by atoms with van der Waals surface area (Å²) in [6.45, 7) is 2.58. The lowest BCUT2D eigenvalue weighted by atomic mass is 10.0. The van der Waals surface area contributed by atoms with Gasteiger partial charge in [0.1, 0.15) is 5.75 Å². The molecule has 0 bridgehead atoms. The number of carbonyl (C=O) groups is 1. The molecule has 122 valence electrons. The fourth-order valence-electron chi connectivity index (χ4n) is 2.33. The maximum atomic E-state index is 12.1. The van der Waals surface area contributed by atoms with Gasteiger partial charge in [0, 0.05) is 11.4 Å². The Morgan fingerprint density at radius 2 is 1.83 bits per heavy atom. The van der Waals surface area contributed by atoms with Crippen LogP contribution >= 0.6 is 11.6 Å². The lowest BCUT2D eigenvalue weighted by Crippen LogP contribution is -2.28. The number of hydrogen-bond donors (Lipinski definition) is 1. The molecule has 0 aliphatic carbocycles. The van der Waals surface area contributed by atoms with E-state index in [1.807, 2.05) is 42.5 Å². The molecule has 0 aromatic heterocycles. The second kappa shape index (κ2) is 9.21. The monoisotopic (exact) mass is 331 g/mol. The molecule has 4 heteroatoms. The van der Waals surface area contributed by atoms with Gasteiger partial charge >= 0.3 is 0 Å². The van der Waals surface area contributed by atoms with E-state index in [9.17, 15) is 4.79 Å². The Morgan fingerprint density at radius 3 is 2.48 bits per heavy atom. The van der Waals surface area contributed by atoms with Crippen LogP contribution in [0, 0.1) is 0 Å². The first-order valence-electron chi connectivity index (χ1n) is 7.91. The second-order valence-corrected chi connectivity index (χ2v) is 5.78. The highest BCUT2D eigenvalue weighted by Crippen LogP contribution is 2.17. The highest BCUT2D eigenvalue weighted by atomic mass is 35.5. The predicted molar refractivity (Wildman–Crippen MR) is 93.8 cm³/mol. The summed E-state index contributed by atoms with van der Waals surface area (Å²) in [4.78, 5) is 12.1. The van der Waals surface area contributed by atoms with Crippen molar-refractivity contribution < 1.29 is 9.53 Å². The average molecular weight is 332 g/mol. The first-order valence-corrected chi connectivity index (χ1v) is 8.29. The van der Waals surface area contributed by atoms with Crippen molar-refractivity contribution in [1.82, 2.24) is 5.32 Å². The lowest BCUT2D eigenvalue weighted by Gasteiger charge is -2.17. The van der Waals surface area contributed by atoms with Crippen LogP contribution < -0.4 is 10.1 Å². The van der Waals surface area contributed by atoms with Gasteiger partial charge < -0.3 is 10.1 Å². The second-order valence-electron chi connectivity index (χ2n) is 5.34. The van der Waals surface area contributed by atoms with E-state index < -0.39 is 0 Å². The van der Waals surface area contributed by atoms with Gasteiger partial charge in [-0.2, -0.15) is 0 Å². The van der Waals surface area contributed by atoms with Crippen LogP contribution in [-0.2, 0) is 4.79 Å². The van der Waals surface area contributed by atoms with Crippen LogP contribution in [-0.4, -0.2) is 12.5 Å². The lowest BCUT2D eigenvalue weighted by molar-refractivity contribution is -0.122. The third-order valence-electron chi connectivity index (χ3n) is 3.58. The van der Waals surface area contributed by atoms with E-state index in [1.54, 1.807) is 12.1 Å². The molecular formula is C19H22ClNO2. The van der Waals surface area contributed by atoms with Gasteiger partial charge in [-0.05, 0) is 42.7 Å². The molecule has 1 unspecified atom stereocenters. The number of carbonyl (C=O) groups excluding carboxylic acids is 1. The summed E-state index contributed by atoms with van der Waals surface area (Å²) in [5.41, 5.74) is 1.14. The molecule has 1 amide bonds. The van der Waals surface area contributed by atoms with Crippen molar-refractivity contribution in [2.45, 2.75) is 32.2 Å². The number of halogens is 1. The molecule has 0 aliphatic rings. The smallest absolute Gasteiger partial charge is 0.220 e.